The summed E-state index contributed by atoms with van der Waals surface area (Å²) in [6, 6.07) is 5.75. The van der Waals surface area contributed by atoms with E-state index in [9.17, 15) is 9.90 Å². The molecular formula is C10H10N2O4. The Balaban J connectivity index is 2.99. The van der Waals surface area contributed by atoms with E-state index in [4.69, 9.17) is 10.4 Å². The molecule has 1 rings (SSSR count). The van der Waals surface area contributed by atoms with E-state index in [-0.39, 0.29) is 11.4 Å². The molecule has 0 fully saturated rings. The minimum absolute atomic E-state index is 0.00388. The average molecular weight is 222 g/mol. The van der Waals surface area contributed by atoms with Crippen molar-refractivity contribution in [3.05, 3.63) is 29.6 Å². The SMILES string of the molecule is COC(=O)c1cccc(C(O)C(O)C#N)n1. The predicted octanol–water partition coefficient (Wildman–Crippen LogP) is -0.214. The van der Waals surface area contributed by atoms with Crippen LogP contribution in [0.15, 0.2) is 18.2 Å². The zero-order valence-electron chi connectivity index (χ0n) is 8.49. The van der Waals surface area contributed by atoms with Crippen LogP contribution < -0.4 is 0 Å². The number of methoxy groups -OCH3 is 1. The fourth-order valence-corrected chi connectivity index (χ4v) is 1.07. The van der Waals surface area contributed by atoms with E-state index in [2.05, 4.69) is 9.72 Å². The van der Waals surface area contributed by atoms with Gasteiger partial charge in [0.2, 0.25) is 0 Å². The maximum Gasteiger partial charge on any atom is 0.356 e. The number of pyridine rings is 1. The molecule has 0 saturated heterocycles. The lowest BCUT2D eigenvalue weighted by Crippen LogP contribution is -2.18. The summed E-state index contributed by atoms with van der Waals surface area (Å²) < 4.78 is 4.45. The number of aliphatic hydroxyl groups is 2. The molecule has 1 heterocycles. The van der Waals surface area contributed by atoms with Gasteiger partial charge in [0, 0.05) is 0 Å². The van der Waals surface area contributed by atoms with Crippen LogP contribution in [-0.4, -0.2) is 34.4 Å². The monoisotopic (exact) mass is 222 g/mol. The molecular weight excluding hydrogens is 212 g/mol. The third-order valence-corrected chi connectivity index (χ3v) is 1.90. The van der Waals surface area contributed by atoms with Gasteiger partial charge in [-0.1, -0.05) is 6.07 Å². The van der Waals surface area contributed by atoms with Gasteiger partial charge in [0.25, 0.3) is 0 Å². The van der Waals surface area contributed by atoms with Crippen LogP contribution in [0.25, 0.3) is 0 Å². The second-order valence-corrected chi connectivity index (χ2v) is 2.96. The topological polar surface area (TPSA) is 103 Å². The van der Waals surface area contributed by atoms with Crippen molar-refractivity contribution in [2.24, 2.45) is 0 Å². The van der Waals surface area contributed by atoms with E-state index in [1.807, 2.05) is 0 Å². The lowest BCUT2D eigenvalue weighted by atomic mass is 10.1. The van der Waals surface area contributed by atoms with Crippen LogP contribution in [0.2, 0.25) is 0 Å². The number of nitriles is 1. The van der Waals surface area contributed by atoms with Gasteiger partial charge in [-0.3, -0.25) is 0 Å². The van der Waals surface area contributed by atoms with Gasteiger partial charge in [0.15, 0.2) is 6.10 Å². The summed E-state index contributed by atoms with van der Waals surface area (Å²) in [7, 11) is 1.21. The number of carbonyl (C=O) groups is 1. The first-order valence-electron chi connectivity index (χ1n) is 4.41. The number of aromatic nitrogens is 1. The molecule has 0 aliphatic heterocycles. The van der Waals surface area contributed by atoms with Crippen molar-refractivity contribution in [2.45, 2.75) is 12.2 Å². The first kappa shape index (κ1) is 12.1. The highest BCUT2D eigenvalue weighted by atomic mass is 16.5. The third kappa shape index (κ3) is 2.53. The molecule has 0 spiro atoms. The van der Waals surface area contributed by atoms with E-state index in [0.29, 0.717) is 0 Å². The normalized spacial score (nSPS) is 13.6. The number of hydrogen-bond donors (Lipinski definition) is 2. The van der Waals surface area contributed by atoms with Gasteiger partial charge in [-0.05, 0) is 12.1 Å². The molecule has 0 saturated carbocycles. The summed E-state index contributed by atoms with van der Waals surface area (Å²) >= 11 is 0. The van der Waals surface area contributed by atoms with Gasteiger partial charge >= 0.3 is 5.97 Å². The summed E-state index contributed by atoms with van der Waals surface area (Å²) in [5, 5.41) is 27.0. The second kappa shape index (κ2) is 5.21. The number of hydrogen-bond acceptors (Lipinski definition) is 6. The highest BCUT2D eigenvalue weighted by molar-refractivity contribution is 5.87. The molecule has 0 aromatic carbocycles. The van der Waals surface area contributed by atoms with Crippen molar-refractivity contribution in [2.75, 3.05) is 7.11 Å². The highest BCUT2D eigenvalue weighted by Gasteiger charge is 2.20. The first-order valence-corrected chi connectivity index (χ1v) is 4.41. The van der Waals surface area contributed by atoms with E-state index in [1.165, 1.54) is 31.4 Å². The summed E-state index contributed by atoms with van der Waals surface area (Å²) in [4.78, 5) is 14.9. The Hall–Kier alpha value is -1.97. The van der Waals surface area contributed by atoms with E-state index in [0.717, 1.165) is 0 Å². The van der Waals surface area contributed by atoms with Crippen molar-refractivity contribution < 1.29 is 19.7 Å². The van der Waals surface area contributed by atoms with Gasteiger partial charge in [0.05, 0.1) is 18.9 Å². The Kier molecular flexibility index (Phi) is 3.94. The molecule has 2 atom stereocenters. The van der Waals surface area contributed by atoms with Gasteiger partial charge in [-0.15, -0.1) is 0 Å². The maximum atomic E-state index is 11.1. The third-order valence-electron chi connectivity index (χ3n) is 1.90. The molecule has 6 nitrogen and oxygen atoms in total. The summed E-state index contributed by atoms with van der Waals surface area (Å²) in [6.45, 7) is 0. The van der Waals surface area contributed by atoms with Gasteiger partial charge in [-0.25, -0.2) is 9.78 Å². The van der Waals surface area contributed by atoms with Crippen molar-refractivity contribution in [3.8, 4) is 6.07 Å². The fourth-order valence-electron chi connectivity index (χ4n) is 1.07. The first-order chi connectivity index (χ1) is 7.60. The van der Waals surface area contributed by atoms with Crippen LogP contribution in [0.1, 0.15) is 22.3 Å². The molecule has 84 valence electrons. The van der Waals surface area contributed by atoms with Crippen molar-refractivity contribution in [1.29, 1.82) is 5.26 Å². The summed E-state index contributed by atoms with van der Waals surface area (Å²) in [5.41, 5.74) is 0.0427. The molecule has 0 amide bonds. The number of nitrogens with zero attached hydrogens (tertiary/aromatic N) is 2. The lowest BCUT2D eigenvalue weighted by molar-refractivity contribution is 0.0487. The van der Waals surface area contributed by atoms with Crippen LogP contribution in [0, 0.1) is 11.3 Å². The molecule has 1 aromatic heterocycles. The second-order valence-electron chi connectivity index (χ2n) is 2.96. The minimum Gasteiger partial charge on any atom is -0.464 e. The Morgan fingerprint density at radius 3 is 2.81 bits per heavy atom. The Morgan fingerprint density at radius 2 is 2.25 bits per heavy atom. The largest absolute Gasteiger partial charge is 0.464 e. The smallest absolute Gasteiger partial charge is 0.356 e. The van der Waals surface area contributed by atoms with Crippen molar-refractivity contribution in [1.82, 2.24) is 4.98 Å². The van der Waals surface area contributed by atoms with E-state index >= 15 is 0 Å². The Labute approximate surface area is 91.7 Å². The molecule has 16 heavy (non-hydrogen) atoms. The summed E-state index contributed by atoms with van der Waals surface area (Å²) in [6.07, 6.45) is -3.03. The Morgan fingerprint density at radius 1 is 1.56 bits per heavy atom. The molecule has 0 aliphatic rings. The highest BCUT2D eigenvalue weighted by Crippen LogP contribution is 2.14. The summed E-state index contributed by atoms with van der Waals surface area (Å²) in [5.74, 6) is -0.652. The van der Waals surface area contributed by atoms with Crippen molar-refractivity contribution in [3.63, 3.8) is 0 Å². The van der Waals surface area contributed by atoms with Gasteiger partial charge in [0.1, 0.15) is 11.8 Å². The Bertz CT molecular complexity index is 427. The number of ether oxygens (including phenoxy) is 1. The molecule has 0 radical (unpaired) electrons. The fraction of sp³-hybridized carbons (Fsp3) is 0.300. The van der Waals surface area contributed by atoms with Gasteiger partial charge < -0.3 is 14.9 Å². The minimum atomic E-state index is -1.58. The number of aliphatic hydroxyl groups excluding tert-OH is 2. The molecule has 2 N–H and O–H groups in total. The van der Waals surface area contributed by atoms with Crippen LogP contribution in [0.4, 0.5) is 0 Å². The predicted molar refractivity (Wildman–Crippen MR) is 52.2 cm³/mol. The standard InChI is InChI=1S/C10H10N2O4/c1-16-10(15)7-4-2-3-6(12-7)9(14)8(13)5-11/h2-4,8-9,13-14H,1H3. The van der Waals surface area contributed by atoms with Crippen LogP contribution in [0.3, 0.4) is 0 Å². The molecule has 1 aromatic rings. The van der Waals surface area contributed by atoms with Gasteiger partial charge in [-0.2, -0.15) is 5.26 Å². The molecule has 2 unspecified atom stereocenters. The molecule has 6 heteroatoms. The van der Waals surface area contributed by atoms with Crippen molar-refractivity contribution >= 4 is 5.97 Å². The maximum absolute atomic E-state index is 11.1. The van der Waals surface area contributed by atoms with E-state index < -0.39 is 18.2 Å². The number of rotatable bonds is 3. The molecule has 0 aliphatic carbocycles. The number of esters is 1. The zero-order chi connectivity index (χ0) is 12.1. The lowest BCUT2D eigenvalue weighted by Gasteiger charge is -2.11. The van der Waals surface area contributed by atoms with E-state index in [1.54, 1.807) is 0 Å². The van der Waals surface area contributed by atoms with Crippen LogP contribution in [0.5, 0.6) is 0 Å². The number of carbonyl (C=O) groups excluding carboxylic acids is 1. The van der Waals surface area contributed by atoms with Crippen LogP contribution in [-0.2, 0) is 4.74 Å². The molecule has 0 bridgehead atoms. The zero-order valence-corrected chi connectivity index (χ0v) is 8.49. The average Bonchev–Trinajstić information content (AvgIpc) is 2.36. The quantitative estimate of drug-likeness (QED) is 0.541. The van der Waals surface area contributed by atoms with Crippen LogP contribution >= 0.6 is 0 Å².